The number of phenolic OH excluding ortho intramolecular Hbond substituents is 2. The van der Waals surface area contributed by atoms with Crippen LogP contribution in [0.3, 0.4) is 0 Å². The van der Waals surface area contributed by atoms with Crippen molar-refractivity contribution >= 4 is 29.3 Å². The Labute approximate surface area is 284 Å². The number of carbonyl (C=O) groups is 5. The molecule has 1 heterocycles. The molecule has 15 nitrogen and oxygen atoms in total. The largest absolute Gasteiger partial charge is 0.507 e. The first-order valence-electron chi connectivity index (χ1n) is 15.9. The molecule has 0 aromatic heterocycles. The molecule has 7 atom stereocenters. The van der Waals surface area contributed by atoms with Gasteiger partial charge in [-0.15, -0.1) is 0 Å². The zero-order chi connectivity index (χ0) is 36.7. The number of methoxy groups -OCH3 is 1. The maximum absolute atomic E-state index is 15.3. The van der Waals surface area contributed by atoms with E-state index in [1.54, 1.807) is 0 Å². The van der Waals surface area contributed by atoms with Crippen molar-refractivity contribution in [1.82, 2.24) is 0 Å². The molecule has 3 aliphatic rings. The number of aromatic hydroxyl groups is 2. The van der Waals surface area contributed by atoms with Crippen LogP contribution >= 0.6 is 0 Å². The van der Waals surface area contributed by atoms with E-state index in [9.17, 15) is 49.5 Å². The molecule has 270 valence electrons. The Balaban J connectivity index is 1.51. The van der Waals surface area contributed by atoms with Gasteiger partial charge < -0.3 is 49.6 Å². The predicted molar refractivity (Wildman–Crippen MR) is 165 cm³/mol. The molecule has 1 fully saturated rings. The summed E-state index contributed by atoms with van der Waals surface area (Å²) < 4.78 is 36.8. The third-order valence-corrected chi connectivity index (χ3v) is 9.30. The summed E-state index contributed by atoms with van der Waals surface area (Å²) >= 11 is 0. The quantitative estimate of drug-likeness (QED) is 0.0890. The third kappa shape index (κ3) is 6.68. The molecule has 2 aromatic rings. The Bertz CT molecular complexity index is 1720. The lowest BCUT2D eigenvalue weighted by molar-refractivity contribution is -0.294. The highest BCUT2D eigenvalue weighted by molar-refractivity contribution is 6.31. The second-order valence-electron chi connectivity index (χ2n) is 12.6. The van der Waals surface area contributed by atoms with Crippen molar-refractivity contribution in [2.24, 2.45) is 0 Å². The number of unbranched alkanes of at least 4 members (excludes halogenated alkanes) is 2. The van der Waals surface area contributed by atoms with Gasteiger partial charge in [0.1, 0.15) is 35.1 Å². The van der Waals surface area contributed by atoms with Crippen LogP contribution in [0.4, 0.5) is 4.39 Å². The smallest absolute Gasteiger partial charge is 0.306 e. The number of halogens is 1. The monoisotopic (exact) mass is 704 g/mol. The van der Waals surface area contributed by atoms with E-state index in [-0.39, 0.29) is 41.7 Å². The van der Waals surface area contributed by atoms with Crippen LogP contribution in [0.25, 0.3) is 0 Å². The lowest BCUT2D eigenvalue weighted by atomic mass is 9.72. The molecule has 0 saturated carbocycles. The van der Waals surface area contributed by atoms with Crippen molar-refractivity contribution in [3.63, 3.8) is 0 Å². The number of aliphatic carboxylic acids is 1. The summed E-state index contributed by atoms with van der Waals surface area (Å²) in [5, 5.41) is 64.0. The van der Waals surface area contributed by atoms with Gasteiger partial charge in [-0.05, 0) is 25.8 Å². The zero-order valence-corrected chi connectivity index (χ0v) is 27.1. The lowest BCUT2D eigenvalue weighted by Crippen LogP contribution is -2.56. The van der Waals surface area contributed by atoms with Gasteiger partial charge in [0.2, 0.25) is 11.6 Å². The summed E-state index contributed by atoms with van der Waals surface area (Å²) in [7, 11) is 1.26. The molecule has 16 heteroatoms. The third-order valence-electron chi connectivity index (χ3n) is 9.30. The van der Waals surface area contributed by atoms with E-state index in [2.05, 4.69) is 0 Å². The van der Waals surface area contributed by atoms with E-state index >= 15 is 4.39 Å². The fourth-order valence-corrected chi connectivity index (χ4v) is 6.59. The Morgan fingerprint density at radius 3 is 2.34 bits per heavy atom. The fourth-order valence-electron chi connectivity index (χ4n) is 6.59. The van der Waals surface area contributed by atoms with Gasteiger partial charge in [-0.3, -0.25) is 24.0 Å². The average Bonchev–Trinajstić information content (AvgIpc) is 3.08. The summed E-state index contributed by atoms with van der Waals surface area (Å²) in [6, 6.07) is 4.16. The second-order valence-corrected chi connectivity index (χ2v) is 12.6. The normalized spacial score (nSPS) is 27.2. The minimum Gasteiger partial charge on any atom is -0.507 e. The number of fused-ring (bicyclic) bond motifs is 3. The average molecular weight is 705 g/mol. The van der Waals surface area contributed by atoms with Gasteiger partial charge in [-0.25, -0.2) is 4.39 Å². The molecular weight excluding hydrogens is 667 g/mol. The van der Waals surface area contributed by atoms with Crippen LogP contribution in [-0.2, 0) is 35.0 Å². The molecular formula is C34H37FO15. The Kier molecular flexibility index (Phi) is 10.6. The van der Waals surface area contributed by atoms with Crippen LogP contribution < -0.4 is 4.74 Å². The van der Waals surface area contributed by atoms with Crippen LogP contribution in [0.15, 0.2) is 18.2 Å². The van der Waals surface area contributed by atoms with Crippen LogP contribution in [0.1, 0.15) is 94.5 Å². The van der Waals surface area contributed by atoms with Crippen molar-refractivity contribution in [3.05, 3.63) is 51.6 Å². The van der Waals surface area contributed by atoms with Gasteiger partial charge in [0.05, 0.1) is 36.0 Å². The molecule has 1 saturated heterocycles. The van der Waals surface area contributed by atoms with Crippen molar-refractivity contribution in [2.45, 2.75) is 94.3 Å². The predicted octanol–water partition coefficient (Wildman–Crippen LogP) is 1.57. The number of aliphatic hydroxyl groups excluding tert-OH is 2. The van der Waals surface area contributed by atoms with Gasteiger partial charge >= 0.3 is 11.9 Å². The molecule has 0 amide bonds. The minimum absolute atomic E-state index is 0.00287. The lowest BCUT2D eigenvalue weighted by Gasteiger charge is -2.43. The summed E-state index contributed by atoms with van der Waals surface area (Å²) in [5.74, 6) is -6.41. The number of ether oxygens (including phenoxy) is 4. The highest BCUT2D eigenvalue weighted by Gasteiger charge is 2.52. The SMILES string of the molecule is COc1cccc2c1C(=O)c1c(O)c3c(c(O)c1C2=O)CC(O)(C(=O)COC(=O)CCCCCC(=O)O)CC3O[C@@H]1O[C@@H](C)[C@@H](O)[C@@H](O)[C@H]1F. The first-order chi connectivity index (χ1) is 23.6. The number of carboxylic acid groups (broad SMARTS) is 1. The minimum atomic E-state index is -2.52. The molecule has 2 unspecified atom stereocenters. The van der Waals surface area contributed by atoms with E-state index in [4.69, 9.17) is 24.1 Å². The Morgan fingerprint density at radius 1 is 0.980 bits per heavy atom. The Morgan fingerprint density at radius 2 is 1.66 bits per heavy atom. The maximum Gasteiger partial charge on any atom is 0.306 e. The van der Waals surface area contributed by atoms with E-state index in [0.717, 1.165) is 0 Å². The molecule has 2 aliphatic carbocycles. The first-order valence-corrected chi connectivity index (χ1v) is 15.9. The molecule has 0 bridgehead atoms. The van der Waals surface area contributed by atoms with Gasteiger partial charge in [0.25, 0.3) is 0 Å². The van der Waals surface area contributed by atoms with Gasteiger partial charge in [-0.1, -0.05) is 18.6 Å². The number of hydrogen-bond donors (Lipinski definition) is 6. The van der Waals surface area contributed by atoms with Gasteiger partial charge in [0, 0.05) is 42.4 Å². The summed E-state index contributed by atoms with van der Waals surface area (Å²) in [6.07, 6.45) is -11.6. The van der Waals surface area contributed by atoms with E-state index in [1.807, 2.05) is 0 Å². The number of hydrogen-bond acceptors (Lipinski definition) is 14. The van der Waals surface area contributed by atoms with Crippen molar-refractivity contribution in [3.8, 4) is 17.2 Å². The number of aliphatic hydroxyl groups is 3. The van der Waals surface area contributed by atoms with E-state index < -0.39 is 119 Å². The number of rotatable bonds is 12. The van der Waals surface area contributed by atoms with Crippen LogP contribution in [0.5, 0.6) is 17.2 Å². The number of benzene rings is 2. The molecule has 2 aromatic carbocycles. The topological polar surface area (TPSA) is 244 Å². The molecule has 1 aliphatic heterocycles. The van der Waals surface area contributed by atoms with Gasteiger partial charge in [-0.2, -0.15) is 0 Å². The number of carbonyl (C=O) groups excluding carboxylic acids is 4. The Hall–Kier alpha value is -4.48. The zero-order valence-electron chi connectivity index (χ0n) is 27.1. The maximum atomic E-state index is 15.3. The van der Waals surface area contributed by atoms with Crippen LogP contribution in [0, 0.1) is 0 Å². The molecule has 0 spiro atoms. The number of Topliss-reactive ketones (excluding diaryl/α,β-unsaturated/α-hetero) is 1. The number of ketones is 3. The molecule has 6 N–H and O–H groups in total. The summed E-state index contributed by atoms with van der Waals surface area (Å²) in [4.78, 5) is 64.0. The summed E-state index contributed by atoms with van der Waals surface area (Å²) in [6.45, 7) is 0.364. The number of alkyl halides is 1. The van der Waals surface area contributed by atoms with Crippen molar-refractivity contribution in [1.29, 1.82) is 0 Å². The first kappa shape index (κ1) is 36.8. The molecule has 50 heavy (non-hydrogen) atoms. The summed E-state index contributed by atoms with van der Waals surface area (Å²) in [5.41, 5.74) is -4.90. The van der Waals surface area contributed by atoms with Crippen LogP contribution in [-0.4, -0.2) is 110 Å². The highest BCUT2D eigenvalue weighted by Crippen LogP contribution is 2.52. The van der Waals surface area contributed by atoms with Crippen LogP contribution in [0.2, 0.25) is 0 Å². The van der Waals surface area contributed by atoms with Crippen molar-refractivity contribution < 1.29 is 77.9 Å². The highest BCUT2D eigenvalue weighted by atomic mass is 19.1. The van der Waals surface area contributed by atoms with E-state index in [1.165, 1.54) is 32.2 Å². The standard InChI is InChI=1S/C34H37FO15/c1-14-27(40)32(45)26(35)33(49-14)50-18-12-34(46,19(36)13-48-21(39)10-5-3-4-9-20(37)38)11-16-23(18)31(44)25-24(29(16)42)28(41)15-7-6-8-17(47-2)22(15)30(25)43/h6-8,14,18,26-27,32-33,40,42,44-46H,3-5,9-13H2,1-2H3,(H,37,38)/t14-,18?,26+,27+,32-,33-,34?/m0/s1. The number of esters is 1. The molecule has 5 rings (SSSR count). The number of carboxylic acids is 1. The molecule has 0 radical (unpaired) electrons. The second kappa shape index (κ2) is 14.4. The number of phenols is 2. The fraction of sp³-hybridized carbons (Fsp3) is 0.500. The van der Waals surface area contributed by atoms with E-state index in [0.29, 0.717) is 12.8 Å². The van der Waals surface area contributed by atoms with Gasteiger partial charge in [0.15, 0.2) is 24.9 Å². The van der Waals surface area contributed by atoms with Crippen molar-refractivity contribution in [2.75, 3.05) is 13.7 Å².